The van der Waals surface area contributed by atoms with Crippen LogP contribution >= 0.6 is 0 Å². The standard InChI is InChI=1S/C26H27NO3/c1-2-3-6-15-24(29)27-26(30)25-21(16-19-11-7-4-8-12-19)17-22(28)18-23(25)20-13-9-5-10-14-20/h4-5,7-14,17-18,28H,2-3,6,15-16H2,1H3,(H,27,29,30). The first-order chi connectivity index (χ1) is 14.6. The van der Waals surface area contributed by atoms with E-state index < -0.39 is 5.91 Å². The Kier molecular flexibility index (Phi) is 7.39. The fraction of sp³-hybridized carbons (Fsp3) is 0.231. The summed E-state index contributed by atoms with van der Waals surface area (Å²) < 4.78 is 0. The van der Waals surface area contributed by atoms with Gasteiger partial charge in [0.15, 0.2) is 0 Å². The van der Waals surface area contributed by atoms with Crippen LogP contribution in [0, 0.1) is 0 Å². The zero-order valence-electron chi connectivity index (χ0n) is 17.2. The van der Waals surface area contributed by atoms with E-state index in [1.54, 1.807) is 12.1 Å². The van der Waals surface area contributed by atoms with Crippen molar-refractivity contribution in [3.63, 3.8) is 0 Å². The highest BCUT2D eigenvalue weighted by Crippen LogP contribution is 2.32. The van der Waals surface area contributed by atoms with Crippen molar-refractivity contribution in [1.29, 1.82) is 0 Å². The van der Waals surface area contributed by atoms with Crippen LogP contribution in [0.2, 0.25) is 0 Å². The number of benzene rings is 3. The molecule has 30 heavy (non-hydrogen) atoms. The van der Waals surface area contributed by atoms with Crippen molar-refractivity contribution in [3.05, 3.63) is 89.5 Å². The normalized spacial score (nSPS) is 10.6. The molecule has 3 rings (SSSR count). The fourth-order valence-electron chi connectivity index (χ4n) is 3.54. The number of hydrogen-bond donors (Lipinski definition) is 2. The average Bonchev–Trinajstić information content (AvgIpc) is 2.74. The summed E-state index contributed by atoms with van der Waals surface area (Å²) in [5.41, 5.74) is 3.54. The lowest BCUT2D eigenvalue weighted by Gasteiger charge is -2.16. The van der Waals surface area contributed by atoms with Crippen molar-refractivity contribution in [2.75, 3.05) is 0 Å². The van der Waals surface area contributed by atoms with Crippen LogP contribution in [0.3, 0.4) is 0 Å². The van der Waals surface area contributed by atoms with Crippen molar-refractivity contribution >= 4 is 11.8 Å². The van der Waals surface area contributed by atoms with Crippen molar-refractivity contribution in [1.82, 2.24) is 5.32 Å². The van der Waals surface area contributed by atoms with E-state index >= 15 is 0 Å². The van der Waals surface area contributed by atoms with E-state index in [9.17, 15) is 14.7 Å². The number of carbonyl (C=O) groups is 2. The van der Waals surface area contributed by atoms with Gasteiger partial charge in [0.2, 0.25) is 5.91 Å². The molecule has 0 aliphatic rings. The van der Waals surface area contributed by atoms with Crippen LogP contribution in [0.1, 0.15) is 54.1 Å². The molecule has 2 amide bonds. The predicted octanol–water partition coefficient (Wildman–Crippen LogP) is 5.49. The molecule has 0 aromatic heterocycles. The molecule has 0 bridgehead atoms. The van der Waals surface area contributed by atoms with Gasteiger partial charge in [0.05, 0.1) is 5.56 Å². The Balaban J connectivity index is 2.00. The van der Waals surface area contributed by atoms with Gasteiger partial charge in [-0.1, -0.05) is 80.4 Å². The monoisotopic (exact) mass is 401 g/mol. The molecule has 0 aliphatic carbocycles. The van der Waals surface area contributed by atoms with E-state index in [1.165, 1.54) is 0 Å². The van der Waals surface area contributed by atoms with Crippen LogP contribution in [0.15, 0.2) is 72.8 Å². The van der Waals surface area contributed by atoms with Crippen molar-refractivity contribution in [3.8, 4) is 16.9 Å². The van der Waals surface area contributed by atoms with E-state index in [0.29, 0.717) is 29.5 Å². The van der Waals surface area contributed by atoms with Gasteiger partial charge < -0.3 is 5.11 Å². The maximum atomic E-state index is 13.2. The molecular weight excluding hydrogens is 374 g/mol. The summed E-state index contributed by atoms with van der Waals surface area (Å²) in [5, 5.41) is 12.9. The summed E-state index contributed by atoms with van der Waals surface area (Å²) in [6.07, 6.45) is 3.52. The van der Waals surface area contributed by atoms with Gasteiger partial charge in [0.25, 0.3) is 5.91 Å². The summed E-state index contributed by atoms with van der Waals surface area (Å²) in [4.78, 5) is 25.5. The molecular formula is C26H27NO3. The molecule has 0 aliphatic heterocycles. The van der Waals surface area contributed by atoms with Gasteiger partial charge in [-0.2, -0.15) is 0 Å². The molecule has 2 N–H and O–H groups in total. The molecule has 0 atom stereocenters. The van der Waals surface area contributed by atoms with Crippen LogP contribution in [-0.2, 0) is 11.2 Å². The van der Waals surface area contributed by atoms with Crippen molar-refractivity contribution < 1.29 is 14.7 Å². The number of carbonyl (C=O) groups excluding carboxylic acids is 2. The Morgan fingerprint density at radius 1 is 0.900 bits per heavy atom. The molecule has 0 radical (unpaired) electrons. The Hall–Kier alpha value is -3.40. The molecule has 3 aromatic rings. The number of nitrogens with one attached hydrogen (secondary N) is 1. The number of phenols is 1. The van der Waals surface area contributed by atoms with Crippen molar-refractivity contribution in [2.45, 2.75) is 39.0 Å². The average molecular weight is 402 g/mol. The van der Waals surface area contributed by atoms with Crippen molar-refractivity contribution in [2.24, 2.45) is 0 Å². The second kappa shape index (κ2) is 10.4. The van der Waals surface area contributed by atoms with Gasteiger partial charge in [-0.05, 0) is 47.2 Å². The molecule has 0 heterocycles. The van der Waals surface area contributed by atoms with Gasteiger partial charge in [0, 0.05) is 6.42 Å². The molecule has 154 valence electrons. The number of aromatic hydroxyl groups is 1. The highest BCUT2D eigenvalue weighted by atomic mass is 16.3. The van der Waals surface area contributed by atoms with Crippen LogP contribution in [0.25, 0.3) is 11.1 Å². The zero-order chi connectivity index (χ0) is 21.3. The highest BCUT2D eigenvalue weighted by Gasteiger charge is 2.21. The first kappa shape index (κ1) is 21.3. The summed E-state index contributed by atoms with van der Waals surface area (Å²) in [5.74, 6) is -0.613. The summed E-state index contributed by atoms with van der Waals surface area (Å²) in [6, 6.07) is 22.4. The van der Waals surface area contributed by atoms with Gasteiger partial charge in [-0.3, -0.25) is 14.9 Å². The SMILES string of the molecule is CCCCCC(=O)NC(=O)c1c(Cc2ccccc2)cc(O)cc1-c1ccccc1. The van der Waals surface area contributed by atoms with E-state index in [2.05, 4.69) is 12.2 Å². The summed E-state index contributed by atoms with van der Waals surface area (Å²) in [7, 11) is 0. The lowest BCUT2D eigenvalue weighted by atomic mass is 9.91. The topological polar surface area (TPSA) is 66.4 Å². The third-order valence-corrected chi connectivity index (χ3v) is 5.01. The van der Waals surface area contributed by atoms with Crippen LogP contribution in [0.4, 0.5) is 0 Å². The number of rotatable bonds is 8. The Morgan fingerprint density at radius 2 is 1.57 bits per heavy atom. The van der Waals surface area contributed by atoms with Crippen LogP contribution in [-0.4, -0.2) is 16.9 Å². The van der Waals surface area contributed by atoms with Crippen LogP contribution in [0.5, 0.6) is 5.75 Å². The Labute approximate surface area is 177 Å². The fourth-order valence-corrected chi connectivity index (χ4v) is 3.54. The second-order valence-electron chi connectivity index (χ2n) is 7.39. The maximum Gasteiger partial charge on any atom is 0.258 e. The zero-order valence-corrected chi connectivity index (χ0v) is 17.2. The third kappa shape index (κ3) is 5.57. The van der Waals surface area contributed by atoms with Gasteiger partial charge >= 0.3 is 0 Å². The van der Waals surface area contributed by atoms with Gasteiger partial charge in [-0.15, -0.1) is 0 Å². The number of amides is 2. The summed E-state index contributed by atoms with van der Waals surface area (Å²) >= 11 is 0. The molecule has 0 unspecified atom stereocenters. The molecule has 4 heteroatoms. The third-order valence-electron chi connectivity index (χ3n) is 5.01. The maximum absolute atomic E-state index is 13.2. The van der Waals surface area contributed by atoms with E-state index in [0.717, 1.165) is 30.4 Å². The predicted molar refractivity (Wildman–Crippen MR) is 119 cm³/mol. The minimum absolute atomic E-state index is 0.0885. The lowest BCUT2D eigenvalue weighted by molar-refractivity contribution is -0.120. The molecule has 0 fully saturated rings. The minimum atomic E-state index is -0.429. The Bertz CT molecular complexity index is 998. The van der Waals surface area contributed by atoms with Gasteiger partial charge in [-0.25, -0.2) is 0 Å². The molecule has 3 aromatic carbocycles. The molecule has 0 saturated carbocycles. The number of unbranched alkanes of at least 4 members (excludes halogenated alkanes) is 2. The number of phenolic OH excluding ortho intramolecular Hbond substituents is 1. The molecule has 0 saturated heterocycles. The molecule has 0 spiro atoms. The van der Waals surface area contributed by atoms with Gasteiger partial charge in [0.1, 0.15) is 5.75 Å². The molecule has 4 nitrogen and oxygen atoms in total. The lowest BCUT2D eigenvalue weighted by Crippen LogP contribution is -2.31. The first-order valence-corrected chi connectivity index (χ1v) is 10.4. The minimum Gasteiger partial charge on any atom is -0.508 e. The van der Waals surface area contributed by atoms with E-state index in [4.69, 9.17) is 0 Å². The number of imide groups is 1. The quantitative estimate of drug-likeness (QED) is 0.491. The second-order valence-corrected chi connectivity index (χ2v) is 7.39. The van der Waals surface area contributed by atoms with E-state index in [1.807, 2.05) is 60.7 Å². The van der Waals surface area contributed by atoms with E-state index in [-0.39, 0.29) is 11.7 Å². The highest BCUT2D eigenvalue weighted by molar-refractivity contribution is 6.09. The first-order valence-electron chi connectivity index (χ1n) is 10.4. The number of hydrogen-bond acceptors (Lipinski definition) is 3. The summed E-state index contributed by atoms with van der Waals surface area (Å²) in [6.45, 7) is 2.07. The Morgan fingerprint density at radius 3 is 2.23 bits per heavy atom. The smallest absolute Gasteiger partial charge is 0.258 e. The van der Waals surface area contributed by atoms with Crippen LogP contribution < -0.4 is 5.32 Å². The largest absolute Gasteiger partial charge is 0.508 e.